The Hall–Kier alpha value is -1.61. The first-order valence-electron chi connectivity index (χ1n) is 6.11. The number of oxime groups is 1. The van der Waals surface area contributed by atoms with Crippen molar-refractivity contribution >= 4 is 15.9 Å². The molecule has 0 saturated heterocycles. The molecule has 0 amide bonds. The molecule has 0 aliphatic heterocycles. The van der Waals surface area contributed by atoms with E-state index in [1.54, 1.807) is 34.7 Å². The molecule has 0 aliphatic rings. The highest BCUT2D eigenvalue weighted by Gasteiger charge is 2.32. The molecule has 0 saturated carbocycles. The summed E-state index contributed by atoms with van der Waals surface area (Å²) in [6.45, 7) is 6.60. The molecule has 1 rings (SSSR count). The first kappa shape index (κ1) is 16.4. The zero-order chi connectivity index (χ0) is 15.7. The van der Waals surface area contributed by atoms with Crippen LogP contribution in [-0.2, 0) is 17.1 Å². The molecule has 0 atom stereocenters. The van der Waals surface area contributed by atoms with E-state index in [0.717, 1.165) is 0 Å². The van der Waals surface area contributed by atoms with Gasteiger partial charge < -0.3 is 10.9 Å². The predicted molar refractivity (Wildman–Crippen MR) is 75.1 cm³/mol. The number of aryl methyl sites for hydroxylation is 2. The summed E-state index contributed by atoms with van der Waals surface area (Å²) in [5.41, 5.74) is 6.42. The first-order chi connectivity index (χ1) is 9.12. The number of hydrogen-bond donors (Lipinski definition) is 2. The van der Waals surface area contributed by atoms with Gasteiger partial charge in [0.2, 0.25) is 10.0 Å². The number of nitrogens with zero attached hydrogens (tertiary/aromatic N) is 4. The monoisotopic (exact) mass is 303 g/mol. The summed E-state index contributed by atoms with van der Waals surface area (Å²) in [6.07, 6.45) is 0. The van der Waals surface area contributed by atoms with Gasteiger partial charge in [-0.15, -0.1) is 0 Å². The fourth-order valence-electron chi connectivity index (χ4n) is 1.98. The van der Waals surface area contributed by atoms with Crippen LogP contribution >= 0.6 is 0 Å². The molecule has 0 unspecified atom stereocenters. The third kappa shape index (κ3) is 2.93. The molecule has 0 spiro atoms. The van der Waals surface area contributed by atoms with Gasteiger partial charge in [0.1, 0.15) is 4.90 Å². The van der Waals surface area contributed by atoms with Crippen molar-refractivity contribution in [3.8, 4) is 0 Å². The lowest BCUT2D eigenvalue weighted by Crippen LogP contribution is -2.43. The summed E-state index contributed by atoms with van der Waals surface area (Å²) in [6, 6.07) is -0.334. The van der Waals surface area contributed by atoms with E-state index in [-0.39, 0.29) is 23.3 Å². The van der Waals surface area contributed by atoms with E-state index in [9.17, 15) is 8.42 Å². The number of amidine groups is 1. The average molecular weight is 303 g/mol. The van der Waals surface area contributed by atoms with Gasteiger partial charge >= 0.3 is 0 Å². The van der Waals surface area contributed by atoms with Gasteiger partial charge in [-0.05, 0) is 27.7 Å². The van der Waals surface area contributed by atoms with Crippen LogP contribution in [0.15, 0.2) is 10.1 Å². The van der Waals surface area contributed by atoms with Gasteiger partial charge in [0, 0.05) is 13.1 Å². The van der Waals surface area contributed by atoms with Crippen LogP contribution in [0.25, 0.3) is 0 Å². The lowest BCUT2D eigenvalue weighted by Gasteiger charge is -2.25. The molecular formula is C11H21N5O3S. The van der Waals surface area contributed by atoms with Gasteiger partial charge in [-0.2, -0.15) is 9.40 Å². The van der Waals surface area contributed by atoms with Crippen molar-refractivity contribution in [2.45, 2.75) is 38.6 Å². The lowest BCUT2D eigenvalue weighted by molar-refractivity contribution is 0.312. The number of aromatic nitrogens is 2. The molecule has 9 heteroatoms. The molecule has 20 heavy (non-hydrogen) atoms. The van der Waals surface area contributed by atoms with E-state index >= 15 is 0 Å². The summed E-state index contributed by atoms with van der Waals surface area (Å²) in [5.74, 6) is -0.165. The van der Waals surface area contributed by atoms with Gasteiger partial charge in [-0.1, -0.05) is 5.16 Å². The predicted octanol–water partition coefficient (Wildman–Crippen LogP) is 0.182. The zero-order valence-corrected chi connectivity index (χ0v) is 13.1. The SMILES string of the molecule is Cc1nn(C)c(C)c1S(=O)(=O)N(CC(N)=NO)C(C)C. The van der Waals surface area contributed by atoms with Crippen LogP contribution < -0.4 is 5.73 Å². The maximum Gasteiger partial charge on any atom is 0.247 e. The Morgan fingerprint density at radius 1 is 1.50 bits per heavy atom. The van der Waals surface area contributed by atoms with Crippen molar-refractivity contribution in [3.63, 3.8) is 0 Å². The molecule has 0 aliphatic carbocycles. The van der Waals surface area contributed by atoms with Crippen molar-refractivity contribution in [1.82, 2.24) is 14.1 Å². The third-order valence-electron chi connectivity index (χ3n) is 3.03. The van der Waals surface area contributed by atoms with E-state index in [1.807, 2.05) is 0 Å². The van der Waals surface area contributed by atoms with E-state index in [0.29, 0.717) is 11.4 Å². The van der Waals surface area contributed by atoms with E-state index in [4.69, 9.17) is 10.9 Å². The Morgan fingerprint density at radius 2 is 2.05 bits per heavy atom. The summed E-state index contributed by atoms with van der Waals surface area (Å²) < 4.78 is 28.2. The number of hydrogen-bond acceptors (Lipinski definition) is 5. The van der Waals surface area contributed by atoms with Crippen LogP contribution in [0.4, 0.5) is 0 Å². The fraction of sp³-hybridized carbons (Fsp3) is 0.636. The minimum absolute atomic E-state index is 0.165. The van der Waals surface area contributed by atoms with Crippen molar-refractivity contribution in [1.29, 1.82) is 0 Å². The van der Waals surface area contributed by atoms with Gasteiger partial charge in [0.15, 0.2) is 5.84 Å². The van der Waals surface area contributed by atoms with E-state index in [2.05, 4.69) is 10.3 Å². The van der Waals surface area contributed by atoms with Gasteiger partial charge in [0.05, 0.1) is 17.9 Å². The lowest BCUT2D eigenvalue weighted by atomic mass is 10.4. The normalized spacial score (nSPS) is 13.4. The molecule has 3 N–H and O–H groups in total. The molecule has 8 nitrogen and oxygen atoms in total. The molecule has 1 heterocycles. The minimum Gasteiger partial charge on any atom is -0.409 e. The molecule has 0 fully saturated rings. The van der Waals surface area contributed by atoms with Crippen molar-refractivity contribution < 1.29 is 13.6 Å². The second-order valence-electron chi connectivity index (χ2n) is 4.86. The zero-order valence-electron chi connectivity index (χ0n) is 12.3. The number of sulfonamides is 1. The van der Waals surface area contributed by atoms with Crippen LogP contribution in [0.5, 0.6) is 0 Å². The quantitative estimate of drug-likeness (QED) is 0.349. The van der Waals surface area contributed by atoms with E-state index in [1.165, 1.54) is 8.99 Å². The highest BCUT2D eigenvalue weighted by molar-refractivity contribution is 7.89. The van der Waals surface area contributed by atoms with Gasteiger partial charge in [-0.3, -0.25) is 4.68 Å². The molecule has 0 bridgehead atoms. The Labute approximate surface area is 118 Å². The molecule has 114 valence electrons. The van der Waals surface area contributed by atoms with Crippen LogP contribution in [0.3, 0.4) is 0 Å². The summed E-state index contributed by atoms with van der Waals surface area (Å²) in [7, 11) is -2.08. The molecule has 0 radical (unpaired) electrons. The maximum absolute atomic E-state index is 12.8. The maximum atomic E-state index is 12.8. The van der Waals surface area contributed by atoms with Crippen molar-refractivity contribution in [2.75, 3.05) is 6.54 Å². The Bertz CT molecular complexity index is 618. The van der Waals surface area contributed by atoms with Gasteiger partial charge in [0.25, 0.3) is 0 Å². The molecule has 0 aromatic carbocycles. The topological polar surface area (TPSA) is 114 Å². The highest BCUT2D eigenvalue weighted by Crippen LogP contribution is 2.24. The molecule has 1 aromatic rings. The Morgan fingerprint density at radius 3 is 2.40 bits per heavy atom. The minimum atomic E-state index is -3.77. The Kier molecular flexibility index (Phi) is 4.77. The van der Waals surface area contributed by atoms with Crippen molar-refractivity contribution in [3.05, 3.63) is 11.4 Å². The molecule has 1 aromatic heterocycles. The largest absolute Gasteiger partial charge is 0.409 e. The first-order valence-corrected chi connectivity index (χ1v) is 7.55. The van der Waals surface area contributed by atoms with E-state index < -0.39 is 10.0 Å². The second kappa shape index (κ2) is 5.80. The molecular weight excluding hydrogens is 282 g/mol. The number of nitrogens with two attached hydrogens (primary N) is 1. The van der Waals surface area contributed by atoms with Crippen LogP contribution in [0.2, 0.25) is 0 Å². The fourth-order valence-corrected chi connectivity index (χ4v) is 3.99. The van der Waals surface area contributed by atoms with Crippen LogP contribution in [0, 0.1) is 13.8 Å². The second-order valence-corrected chi connectivity index (χ2v) is 6.69. The summed E-state index contributed by atoms with van der Waals surface area (Å²) >= 11 is 0. The third-order valence-corrected chi connectivity index (χ3v) is 5.31. The summed E-state index contributed by atoms with van der Waals surface area (Å²) in [4.78, 5) is 0.166. The van der Waals surface area contributed by atoms with Crippen LogP contribution in [0.1, 0.15) is 25.2 Å². The number of rotatable bonds is 5. The highest BCUT2D eigenvalue weighted by atomic mass is 32.2. The van der Waals surface area contributed by atoms with Gasteiger partial charge in [-0.25, -0.2) is 8.42 Å². The Balaban J connectivity index is 3.38. The standard InChI is InChI=1S/C11H21N5O3S/c1-7(2)16(6-10(12)14-17)20(18,19)11-8(3)13-15(5)9(11)4/h7,17H,6H2,1-5H3,(H2,12,14). The average Bonchev–Trinajstić information content (AvgIpc) is 2.59. The summed E-state index contributed by atoms with van der Waals surface area (Å²) in [5, 5.41) is 15.6. The smallest absolute Gasteiger partial charge is 0.247 e. The van der Waals surface area contributed by atoms with Crippen molar-refractivity contribution in [2.24, 2.45) is 17.9 Å². The van der Waals surface area contributed by atoms with Crippen LogP contribution in [-0.4, -0.2) is 46.1 Å².